The van der Waals surface area contributed by atoms with Crippen LogP contribution in [0.5, 0.6) is 0 Å². The third-order valence-corrected chi connectivity index (χ3v) is 4.60. The highest BCUT2D eigenvalue weighted by Gasteiger charge is 2.53. The Morgan fingerprint density at radius 3 is 2.04 bits per heavy atom. The predicted octanol–water partition coefficient (Wildman–Crippen LogP) is 3.91. The molecule has 0 saturated carbocycles. The lowest BCUT2D eigenvalue weighted by atomic mass is 9.77. The van der Waals surface area contributed by atoms with Crippen LogP contribution in [0.15, 0.2) is 24.8 Å². The van der Waals surface area contributed by atoms with Crippen molar-refractivity contribution in [3.63, 3.8) is 0 Å². The Morgan fingerprint density at radius 2 is 1.50 bits per heavy atom. The lowest BCUT2D eigenvalue weighted by molar-refractivity contribution is -0.156. The van der Waals surface area contributed by atoms with Gasteiger partial charge in [0.25, 0.3) is 0 Å². The number of unbranched alkanes of at least 4 members (excludes halogenated alkanes) is 5. The molecule has 134 valence electrons. The molecule has 0 aromatic heterocycles. The van der Waals surface area contributed by atoms with Crippen LogP contribution in [0.4, 0.5) is 4.79 Å². The number of allylic oxidation sites excluding steroid dienone is 3. The van der Waals surface area contributed by atoms with E-state index in [1.54, 1.807) is 6.08 Å². The molecule has 1 heterocycles. The Balaban J connectivity index is 2.73. The number of carbonyl (C=O) groups excluding carboxylic acids is 3. The van der Waals surface area contributed by atoms with Crippen molar-refractivity contribution >= 4 is 17.8 Å². The number of hydrogen-bond acceptors (Lipinski definition) is 3. The zero-order chi connectivity index (χ0) is 18.2. The van der Waals surface area contributed by atoms with E-state index in [1.165, 1.54) is 39.8 Å². The number of urea groups is 1. The highest BCUT2D eigenvalue weighted by Crippen LogP contribution is 2.36. The van der Waals surface area contributed by atoms with Gasteiger partial charge in [-0.15, -0.1) is 6.58 Å². The minimum Gasteiger partial charge on any atom is -0.273 e. The number of rotatable bonds is 10. The van der Waals surface area contributed by atoms with Gasteiger partial charge in [-0.1, -0.05) is 50.8 Å². The Kier molecular flexibility index (Phi) is 7.89. The topological polar surface area (TPSA) is 57.7 Å². The van der Waals surface area contributed by atoms with E-state index in [2.05, 4.69) is 13.5 Å². The molecule has 1 aliphatic heterocycles. The number of nitrogens with zero attached hydrogens (tertiary/aromatic N) is 2. The standard InChI is InChI=1S/C19H30N2O3/c1-5-7-8-9-10-11-12-13-15-19(14-6-2)16(22)20(3)18(24)21(4)17(19)23/h6,12-13H,2,5,7-11,14-15H2,1,3-4H3/b13-12+. The molecular weight excluding hydrogens is 304 g/mol. The first kappa shape index (κ1) is 20.1. The SMILES string of the molecule is C=CCC1(C/C=C/CCCCCCC)C(=O)N(C)C(=O)N(C)C1=O. The zero-order valence-electron chi connectivity index (χ0n) is 15.2. The first-order valence-electron chi connectivity index (χ1n) is 8.78. The van der Waals surface area contributed by atoms with E-state index in [0.29, 0.717) is 6.42 Å². The summed E-state index contributed by atoms with van der Waals surface area (Å²) in [7, 11) is 2.84. The minimum absolute atomic E-state index is 0.230. The van der Waals surface area contributed by atoms with Crippen LogP contribution in [0, 0.1) is 5.41 Å². The lowest BCUT2D eigenvalue weighted by Gasteiger charge is -2.40. The van der Waals surface area contributed by atoms with E-state index < -0.39 is 23.3 Å². The first-order valence-corrected chi connectivity index (χ1v) is 8.78. The second-order valence-electron chi connectivity index (χ2n) is 6.46. The summed E-state index contributed by atoms with van der Waals surface area (Å²) in [4.78, 5) is 39.2. The van der Waals surface area contributed by atoms with Gasteiger partial charge in [-0.2, -0.15) is 0 Å². The fraction of sp³-hybridized carbons (Fsp3) is 0.632. The molecule has 1 rings (SSSR count). The summed E-state index contributed by atoms with van der Waals surface area (Å²) >= 11 is 0. The molecule has 1 fully saturated rings. The molecule has 0 spiro atoms. The number of amides is 4. The van der Waals surface area contributed by atoms with Gasteiger partial charge in [0.05, 0.1) is 0 Å². The second kappa shape index (κ2) is 9.40. The van der Waals surface area contributed by atoms with Gasteiger partial charge >= 0.3 is 6.03 Å². The minimum atomic E-state index is -1.24. The largest absolute Gasteiger partial charge is 0.332 e. The number of carbonyl (C=O) groups is 3. The maximum Gasteiger partial charge on any atom is 0.332 e. The molecule has 0 atom stereocenters. The molecule has 0 N–H and O–H groups in total. The maximum atomic E-state index is 12.6. The Morgan fingerprint density at radius 1 is 0.917 bits per heavy atom. The molecule has 1 aliphatic rings. The van der Waals surface area contributed by atoms with Gasteiger partial charge in [0.2, 0.25) is 11.8 Å². The molecular formula is C19H30N2O3. The van der Waals surface area contributed by atoms with E-state index in [9.17, 15) is 14.4 Å². The Hall–Kier alpha value is -1.91. The van der Waals surface area contributed by atoms with Crippen molar-refractivity contribution in [1.82, 2.24) is 9.80 Å². The summed E-state index contributed by atoms with van der Waals surface area (Å²) in [6.45, 7) is 5.86. The van der Waals surface area contributed by atoms with Gasteiger partial charge in [0.1, 0.15) is 5.41 Å². The molecule has 5 heteroatoms. The lowest BCUT2D eigenvalue weighted by Crippen LogP contribution is -2.62. The molecule has 1 saturated heterocycles. The van der Waals surface area contributed by atoms with E-state index in [-0.39, 0.29) is 6.42 Å². The molecule has 0 aromatic carbocycles. The van der Waals surface area contributed by atoms with E-state index >= 15 is 0 Å². The molecule has 0 bridgehead atoms. The van der Waals surface area contributed by atoms with Gasteiger partial charge in [-0.05, 0) is 25.7 Å². The van der Waals surface area contributed by atoms with Crippen LogP contribution in [0.3, 0.4) is 0 Å². The molecule has 24 heavy (non-hydrogen) atoms. The predicted molar refractivity (Wildman–Crippen MR) is 95.3 cm³/mol. The zero-order valence-corrected chi connectivity index (χ0v) is 15.2. The van der Waals surface area contributed by atoms with E-state index in [0.717, 1.165) is 22.6 Å². The molecule has 4 amide bonds. The van der Waals surface area contributed by atoms with Crippen molar-refractivity contribution < 1.29 is 14.4 Å². The number of imide groups is 2. The van der Waals surface area contributed by atoms with Crippen molar-refractivity contribution in [1.29, 1.82) is 0 Å². The second-order valence-corrected chi connectivity index (χ2v) is 6.46. The summed E-state index contributed by atoms with van der Waals surface area (Å²) in [5, 5.41) is 0. The van der Waals surface area contributed by atoms with Crippen LogP contribution in [-0.2, 0) is 9.59 Å². The average molecular weight is 334 g/mol. The van der Waals surface area contributed by atoms with Gasteiger partial charge in [0.15, 0.2) is 0 Å². The van der Waals surface area contributed by atoms with Crippen LogP contribution < -0.4 is 0 Å². The van der Waals surface area contributed by atoms with E-state index in [1.807, 2.05) is 12.2 Å². The number of hydrogen-bond donors (Lipinski definition) is 0. The Bertz CT molecular complexity index is 487. The summed E-state index contributed by atoms with van der Waals surface area (Å²) in [6.07, 6.45) is 13.0. The van der Waals surface area contributed by atoms with Gasteiger partial charge in [-0.3, -0.25) is 19.4 Å². The van der Waals surface area contributed by atoms with Crippen LogP contribution in [0.2, 0.25) is 0 Å². The van der Waals surface area contributed by atoms with Gasteiger partial charge in [0, 0.05) is 14.1 Å². The third kappa shape index (κ3) is 4.34. The fourth-order valence-corrected chi connectivity index (χ4v) is 3.08. The average Bonchev–Trinajstić information content (AvgIpc) is 2.58. The maximum absolute atomic E-state index is 12.6. The monoisotopic (exact) mass is 334 g/mol. The smallest absolute Gasteiger partial charge is 0.273 e. The van der Waals surface area contributed by atoms with Gasteiger partial charge in [-0.25, -0.2) is 4.79 Å². The highest BCUT2D eigenvalue weighted by molar-refractivity contribution is 6.18. The Labute approximate surface area is 145 Å². The fourth-order valence-electron chi connectivity index (χ4n) is 3.08. The molecule has 0 radical (unpaired) electrons. The van der Waals surface area contributed by atoms with Crippen LogP contribution in [0.25, 0.3) is 0 Å². The first-order chi connectivity index (χ1) is 11.4. The van der Waals surface area contributed by atoms with Crippen molar-refractivity contribution in [3.8, 4) is 0 Å². The molecule has 5 nitrogen and oxygen atoms in total. The summed E-state index contributed by atoms with van der Waals surface area (Å²) < 4.78 is 0. The van der Waals surface area contributed by atoms with Crippen molar-refractivity contribution in [2.75, 3.05) is 14.1 Å². The third-order valence-electron chi connectivity index (χ3n) is 4.60. The van der Waals surface area contributed by atoms with Crippen LogP contribution in [-0.4, -0.2) is 41.7 Å². The summed E-state index contributed by atoms with van der Waals surface area (Å²) in [5.74, 6) is -0.883. The highest BCUT2D eigenvalue weighted by atomic mass is 16.2. The number of barbiturate groups is 1. The van der Waals surface area contributed by atoms with Crippen LogP contribution >= 0.6 is 0 Å². The van der Waals surface area contributed by atoms with Gasteiger partial charge < -0.3 is 0 Å². The molecule has 0 aromatic rings. The molecule has 0 aliphatic carbocycles. The summed E-state index contributed by atoms with van der Waals surface area (Å²) in [5.41, 5.74) is -1.24. The van der Waals surface area contributed by atoms with Crippen molar-refractivity contribution in [3.05, 3.63) is 24.8 Å². The normalized spacial score (nSPS) is 17.9. The molecule has 0 unspecified atom stereocenters. The van der Waals surface area contributed by atoms with Crippen molar-refractivity contribution in [2.45, 2.75) is 58.3 Å². The quantitative estimate of drug-likeness (QED) is 0.346. The summed E-state index contributed by atoms with van der Waals surface area (Å²) in [6, 6.07) is -0.579. The van der Waals surface area contributed by atoms with Crippen LogP contribution in [0.1, 0.15) is 58.3 Å². The van der Waals surface area contributed by atoms with E-state index in [4.69, 9.17) is 0 Å². The van der Waals surface area contributed by atoms with Crippen molar-refractivity contribution in [2.24, 2.45) is 5.41 Å².